The van der Waals surface area contributed by atoms with Crippen molar-refractivity contribution in [3.05, 3.63) is 66.0 Å². The summed E-state index contributed by atoms with van der Waals surface area (Å²) in [4.78, 5) is 10.6. The molecule has 0 saturated heterocycles. The first kappa shape index (κ1) is 12.2. The lowest BCUT2D eigenvalue weighted by Gasteiger charge is -2.25. The number of aliphatic imine (C=N–C) groups is 1. The van der Waals surface area contributed by atoms with Crippen LogP contribution < -0.4 is 14.2 Å². The lowest BCUT2D eigenvalue weighted by atomic mass is 10.1. The Morgan fingerprint density at radius 2 is 1.76 bits per heavy atom. The van der Waals surface area contributed by atoms with Gasteiger partial charge < -0.3 is 4.74 Å². The van der Waals surface area contributed by atoms with Crippen LogP contribution in [0.2, 0.25) is 0 Å². The largest absolute Gasteiger partial charge is 0.497 e. The fourth-order valence-corrected chi connectivity index (χ4v) is 2.87. The lowest BCUT2D eigenvalue weighted by Crippen LogP contribution is -2.46. The SMILES string of the molecule is COc1ccc(O[N+]23C=NC=C2Cc2ccccc23)cc1. The number of rotatable bonds is 3. The summed E-state index contributed by atoms with van der Waals surface area (Å²) >= 11 is 0. The Hall–Kier alpha value is -2.59. The van der Waals surface area contributed by atoms with E-state index in [4.69, 9.17) is 9.57 Å². The van der Waals surface area contributed by atoms with Gasteiger partial charge in [0, 0.05) is 11.6 Å². The number of hydrogen-bond acceptors (Lipinski definition) is 3. The Kier molecular flexibility index (Phi) is 2.59. The van der Waals surface area contributed by atoms with Crippen LogP contribution in [0.25, 0.3) is 0 Å². The Labute approximate surface area is 123 Å². The lowest BCUT2D eigenvalue weighted by molar-refractivity contribution is 0.0761. The first-order chi connectivity index (χ1) is 10.3. The zero-order valence-corrected chi connectivity index (χ0v) is 11.7. The Morgan fingerprint density at radius 1 is 1.00 bits per heavy atom. The van der Waals surface area contributed by atoms with E-state index in [0.29, 0.717) is 0 Å². The summed E-state index contributed by atoms with van der Waals surface area (Å²) in [7, 11) is 1.66. The molecule has 0 bridgehead atoms. The van der Waals surface area contributed by atoms with E-state index in [0.717, 1.165) is 29.3 Å². The fourth-order valence-electron chi connectivity index (χ4n) is 2.87. The van der Waals surface area contributed by atoms with Gasteiger partial charge in [0.15, 0.2) is 17.1 Å². The van der Waals surface area contributed by atoms with Crippen LogP contribution in [0.1, 0.15) is 5.56 Å². The van der Waals surface area contributed by atoms with Crippen LogP contribution in [0.15, 0.2) is 65.4 Å². The predicted molar refractivity (Wildman–Crippen MR) is 82.1 cm³/mol. The first-order valence-electron chi connectivity index (χ1n) is 6.87. The third-order valence-corrected chi connectivity index (χ3v) is 3.91. The molecule has 0 radical (unpaired) electrons. The van der Waals surface area contributed by atoms with Crippen LogP contribution in [0.5, 0.6) is 11.5 Å². The molecule has 0 fully saturated rings. The molecule has 1 atom stereocenters. The molecule has 1 unspecified atom stereocenters. The monoisotopic (exact) mass is 279 g/mol. The predicted octanol–water partition coefficient (Wildman–Crippen LogP) is 3.44. The minimum absolute atomic E-state index is 0.239. The molecule has 0 spiro atoms. The number of para-hydroxylation sites is 1. The number of ether oxygens (including phenoxy) is 1. The Morgan fingerprint density at radius 3 is 2.57 bits per heavy atom. The molecule has 4 nitrogen and oxygen atoms in total. The van der Waals surface area contributed by atoms with Gasteiger partial charge in [-0.05, 0) is 28.9 Å². The molecule has 4 rings (SSSR count). The second kappa shape index (κ2) is 4.46. The Balaban J connectivity index is 1.75. The van der Waals surface area contributed by atoms with Gasteiger partial charge in [-0.25, -0.2) is 4.99 Å². The smallest absolute Gasteiger partial charge is 0.243 e. The number of allylic oxidation sites excluding steroid dienone is 1. The van der Waals surface area contributed by atoms with Crippen molar-refractivity contribution in [2.75, 3.05) is 7.11 Å². The maximum atomic E-state index is 6.28. The van der Waals surface area contributed by atoms with Crippen LogP contribution in [-0.4, -0.2) is 13.4 Å². The summed E-state index contributed by atoms with van der Waals surface area (Å²) in [6.07, 6.45) is 4.60. The van der Waals surface area contributed by atoms with E-state index in [1.807, 2.05) is 42.9 Å². The van der Waals surface area contributed by atoms with Crippen molar-refractivity contribution in [1.82, 2.24) is 4.65 Å². The second-order valence-corrected chi connectivity index (χ2v) is 5.12. The minimum Gasteiger partial charge on any atom is -0.497 e. The molecule has 2 aliphatic heterocycles. The quantitative estimate of drug-likeness (QED) is 0.806. The molecule has 0 amide bonds. The highest BCUT2D eigenvalue weighted by molar-refractivity contribution is 5.83. The van der Waals surface area contributed by atoms with Gasteiger partial charge in [0.2, 0.25) is 6.34 Å². The topological polar surface area (TPSA) is 30.8 Å². The van der Waals surface area contributed by atoms with Crippen LogP contribution >= 0.6 is 0 Å². The van der Waals surface area contributed by atoms with Crippen molar-refractivity contribution in [2.24, 2.45) is 4.99 Å². The van der Waals surface area contributed by atoms with E-state index in [1.54, 1.807) is 7.11 Å². The van der Waals surface area contributed by atoms with Crippen LogP contribution in [0.3, 0.4) is 0 Å². The van der Waals surface area contributed by atoms with Crippen molar-refractivity contribution in [2.45, 2.75) is 6.42 Å². The number of hydroxylamine groups is 2. The molecule has 21 heavy (non-hydrogen) atoms. The van der Waals surface area contributed by atoms with Crippen molar-refractivity contribution in [3.8, 4) is 11.5 Å². The summed E-state index contributed by atoms with van der Waals surface area (Å²) in [5.41, 5.74) is 3.54. The summed E-state index contributed by atoms with van der Waals surface area (Å²) in [6, 6.07) is 15.9. The average molecular weight is 279 g/mol. The van der Waals surface area contributed by atoms with Gasteiger partial charge in [0.1, 0.15) is 5.75 Å². The second-order valence-electron chi connectivity index (χ2n) is 5.12. The zero-order valence-electron chi connectivity index (χ0n) is 11.7. The number of hydrogen-bond donors (Lipinski definition) is 0. The molecular formula is C17H15N2O2+. The summed E-state index contributed by atoms with van der Waals surface area (Å²) in [5.74, 6) is 1.60. The molecular weight excluding hydrogens is 264 g/mol. The number of benzene rings is 2. The van der Waals surface area contributed by atoms with Gasteiger partial charge >= 0.3 is 0 Å². The molecule has 104 valence electrons. The number of quaternary nitrogens is 1. The zero-order chi connectivity index (χ0) is 14.3. The summed E-state index contributed by atoms with van der Waals surface area (Å²) in [6.45, 7) is 0. The normalized spacial score (nSPS) is 21.7. The molecule has 2 aliphatic rings. The van der Waals surface area contributed by atoms with Gasteiger partial charge in [-0.1, -0.05) is 18.2 Å². The summed E-state index contributed by atoms with van der Waals surface area (Å²) < 4.78 is 5.42. The van der Waals surface area contributed by atoms with E-state index in [2.05, 4.69) is 23.2 Å². The van der Waals surface area contributed by atoms with E-state index in [9.17, 15) is 0 Å². The summed E-state index contributed by atoms with van der Waals surface area (Å²) in [5, 5.41) is 0. The highest BCUT2D eigenvalue weighted by Gasteiger charge is 2.48. The molecule has 2 aromatic carbocycles. The maximum absolute atomic E-state index is 6.28. The van der Waals surface area contributed by atoms with E-state index in [-0.39, 0.29) is 4.65 Å². The van der Waals surface area contributed by atoms with Gasteiger partial charge in [0.25, 0.3) is 0 Å². The van der Waals surface area contributed by atoms with Gasteiger partial charge in [-0.15, -0.1) is 0 Å². The fraction of sp³-hybridized carbons (Fsp3) is 0.118. The molecule has 0 aliphatic carbocycles. The molecule has 0 aromatic heterocycles. The van der Waals surface area contributed by atoms with E-state index < -0.39 is 0 Å². The average Bonchev–Trinajstić information content (AvgIpc) is 3.04. The van der Waals surface area contributed by atoms with Crippen molar-refractivity contribution < 1.29 is 9.57 Å². The van der Waals surface area contributed by atoms with E-state index >= 15 is 0 Å². The van der Waals surface area contributed by atoms with Gasteiger partial charge in [-0.3, -0.25) is 4.84 Å². The third-order valence-electron chi connectivity index (χ3n) is 3.91. The van der Waals surface area contributed by atoms with E-state index in [1.165, 1.54) is 5.56 Å². The number of methoxy groups -OCH3 is 1. The first-order valence-corrected chi connectivity index (χ1v) is 6.87. The number of fused-ring (bicyclic) bond motifs is 3. The molecule has 2 aromatic rings. The Bertz CT molecular complexity index is 750. The molecule has 0 saturated carbocycles. The van der Waals surface area contributed by atoms with Crippen LogP contribution in [0, 0.1) is 0 Å². The van der Waals surface area contributed by atoms with Crippen LogP contribution in [-0.2, 0) is 6.42 Å². The standard InChI is InChI=1S/C17H15N2O2/c1-20-15-6-8-16(9-7-15)21-19-12-18-11-14(19)10-13-4-2-3-5-17(13)19/h2-9,11-12H,10H2,1H3/q+1. The van der Waals surface area contributed by atoms with Crippen molar-refractivity contribution in [3.63, 3.8) is 0 Å². The molecule has 2 heterocycles. The van der Waals surface area contributed by atoms with Crippen molar-refractivity contribution in [1.29, 1.82) is 0 Å². The highest BCUT2D eigenvalue weighted by atomic mass is 16.7. The highest BCUT2D eigenvalue weighted by Crippen LogP contribution is 2.43. The number of nitrogens with zero attached hydrogens (tertiary/aromatic N) is 2. The van der Waals surface area contributed by atoms with Gasteiger partial charge in [-0.2, -0.15) is 0 Å². The maximum Gasteiger partial charge on any atom is 0.243 e. The minimum atomic E-state index is 0.239. The molecule has 0 N–H and O–H groups in total. The van der Waals surface area contributed by atoms with Crippen molar-refractivity contribution >= 4 is 12.0 Å². The van der Waals surface area contributed by atoms with Gasteiger partial charge in [0.05, 0.1) is 19.7 Å². The molecule has 4 heteroatoms. The van der Waals surface area contributed by atoms with Crippen LogP contribution in [0.4, 0.5) is 5.69 Å². The third kappa shape index (κ3) is 1.76.